The summed E-state index contributed by atoms with van der Waals surface area (Å²) in [5.74, 6) is -0.588. The number of carbonyl (C=O) groups is 2. The van der Waals surface area contributed by atoms with Crippen LogP contribution in [0.15, 0.2) is 48.5 Å². The van der Waals surface area contributed by atoms with Crippen molar-refractivity contribution < 1.29 is 14.0 Å². The maximum Gasteiger partial charge on any atom is 0.319 e. The smallest absolute Gasteiger partial charge is 0.319 e. The van der Waals surface area contributed by atoms with Crippen molar-refractivity contribution in [3.8, 4) is 0 Å². The fourth-order valence-electron chi connectivity index (χ4n) is 2.57. The molecule has 0 bridgehead atoms. The van der Waals surface area contributed by atoms with E-state index < -0.39 is 12.1 Å². The molecule has 0 aromatic heterocycles. The highest BCUT2D eigenvalue weighted by Gasteiger charge is 2.33. The summed E-state index contributed by atoms with van der Waals surface area (Å²) in [6.45, 7) is 0.460. The topological polar surface area (TPSA) is 61.4 Å². The van der Waals surface area contributed by atoms with Crippen molar-refractivity contribution in [2.45, 2.75) is 12.5 Å². The van der Waals surface area contributed by atoms with Gasteiger partial charge in [-0.15, -0.1) is 0 Å². The Bertz CT molecular complexity index is 767. The van der Waals surface area contributed by atoms with Gasteiger partial charge in [0.25, 0.3) is 0 Å². The number of anilines is 2. The first-order valence-corrected chi connectivity index (χ1v) is 7.81. The van der Waals surface area contributed by atoms with E-state index in [1.165, 1.54) is 17.0 Å². The number of nitrogens with one attached hydrogen (secondary N) is 2. The second kappa shape index (κ2) is 6.88. The molecule has 0 saturated carbocycles. The van der Waals surface area contributed by atoms with Gasteiger partial charge in [0.05, 0.1) is 10.7 Å². The van der Waals surface area contributed by atoms with Crippen LogP contribution in [0.3, 0.4) is 0 Å². The molecule has 5 nitrogen and oxygen atoms in total. The second-order valence-corrected chi connectivity index (χ2v) is 5.79. The lowest BCUT2D eigenvalue weighted by atomic mass is 10.2. The summed E-state index contributed by atoms with van der Waals surface area (Å²) in [7, 11) is 0. The monoisotopic (exact) mass is 347 g/mol. The van der Waals surface area contributed by atoms with Crippen molar-refractivity contribution in [3.63, 3.8) is 0 Å². The Labute approximate surface area is 143 Å². The summed E-state index contributed by atoms with van der Waals surface area (Å²) in [5, 5.41) is 5.67. The molecule has 1 fully saturated rings. The summed E-state index contributed by atoms with van der Waals surface area (Å²) in [4.78, 5) is 26.0. The maximum absolute atomic E-state index is 13.0. The Morgan fingerprint density at radius 3 is 2.58 bits per heavy atom. The molecule has 1 heterocycles. The Morgan fingerprint density at radius 1 is 1.17 bits per heavy atom. The van der Waals surface area contributed by atoms with Crippen LogP contribution in [-0.4, -0.2) is 24.5 Å². The van der Waals surface area contributed by atoms with E-state index in [0.717, 1.165) is 0 Å². The van der Waals surface area contributed by atoms with Gasteiger partial charge in [-0.1, -0.05) is 23.7 Å². The quantitative estimate of drug-likeness (QED) is 0.893. The van der Waals surface area contributed by atoms with Gasteiger partial charge >= 0.3 is 6.03 Å². The summed E-state index contributed by atoms with van der Waals surface area (Å²) < 4.78 is 13.0. The van der Waals surface area contributed by atoms with E-state index in [-0.39, 0.29) is 11.7 Å². The second-order valence-electron chi connectivity index (χ2n) is 5.39. The van der Waals surface area contributed by atoms with Crippen molar-refractivity contribution in [3.05, 3.63) is 59.4 Å². The molecule has 3 amide bonds. The predicted octanol–water partition coefficient (Wildman–Crippen LogP) is 3.41. The average Bonchev–Trinajstić information content (AvgIpc) is 2.91. The number of benzene rings is 2. The van der Waals surface area contributed by atoms with E-state index >= 15 is 0 Å². The van der Waals surface area contributed by atoms with Gasteiger partial charge < -0.3 is 15.5 Å². The van der Waals surface area contributed by atoms with Gasteiger partial charge in [0.2, 0.25) is 5.91 Å². The number of hydrogen-bond donors (Lipinski definition) is 2. The van der Waals surface area contributed by atoms with E-state index in [0.29, 0.717) is 29.4 Å². The van der Waals surface area contributed by atoms with Gasteiger partial charge in [0, 0.05) is 12.2 Å². The Morgan fingerprint density at radius 2 is 1.88 bits per heavy atom. The predicted molar refractivity (Wildman–Crippen MR) is 90.8 cm³/mol. The summed E-state index contributed by atoms with van der Waals surface area (Å²) in [6.07, 6.45) is 0.478. The van der Waals surface area contributed by atoms with Gasteiger partial charge in [-0.2, -0.15) is 0 Å². The lowest BCUT2D eigenvalue weighted by molar-refractivity contribution is -0.118. The fraction of sp³-hybridized carbons (Fsp3) is 0.176. The molecule has 1 saturated heterocycles. The molecule has 2 aromatic rings. The van der Waals surface area contributed by atoms with Gasteiger partial charge in [0.15, 0.2) is 0 Å². The number of rotatable bonds is 3. The molecule has 0 unspecified atom stereocenters. The average molecular weight is 348 g/mol. The SMILES string of the molecule is O=C(Nc1ccccc1Cl)N[C@H]1CCN(c2ccc(F)cc2)C1=O. The summed E-state index contributed by atoms with van der Waals surface area (Å²) in [5.41, 5.74) is 1.08. The minimum absolute atomic E-state index is 0.226. The van der Waals surface area contributed by atoms with Crippen LogP contribution < -0.4 is 15.5 Å². The molecular weight excluding hydrogens is 333 g/mol. The number of halogens is 2. The van der Waals surface area contributed by atoms with Gasteiger partial charge in [-0.25, -0.2) is 9.18 Å². The highest BCUT2D eigenvalue weighted by molar-refractivity contribution is 6.33. The number of urea groups is 1. The zero-order valence-corrected chi connectivity index (χ0v) is 13.4. The van der Waals surface area contributed by atoms with Crippen molar-refractivity contribution >= 4 is 34.9 Å². The van der Waals surface area contributed by atoms with Crippen LogP contribution in [0.4, 0.5) is 20.6 Å². The molecule has 1 aliphatic rings. The van der Waals surface area contributed by atoms with E-state index in [4.69, 9.17) is 11.6 Å². The molecule has 1 aliphatic heterocycles. The molecule has 0 radical (unpaired) electrons. The highest BCUT2D eigenvalue weighted by Crippen LogP contribution is 2.23. The lowest BCUT2D eigenvalue weighted by Crippen LogP contribution is -2.43. The Hall–Kier alpha value is -2.60. The molecular formula is C17H15ClFN3O2. The molecule has 1 atom stereocenters. The minimum atomic E-state index is -0.627. The third-order valence-electron chi connectivity index (χ3n) is 3.77. The van der Waals surface area contributed by atoms with Crippen molar-refractivity contribution in [2.75, 3.05) is 16.8 Å². The maximum atomic E-state index is 13.0. The summed E-state index contributed by atoms with van der Waals surface area (Å²) in [6, 6.07) is 11.4. The third kappa shape index (κ3) is 3.49. The highest BCUT2D eigenvalue weighted by atomic mass is 35.5. The molecule has 2 aromatic carbocycles. The van der Waals surface area contributed by atoms with Crippen molar-refractivity contribution in [2.24, 2.45) is 0 Å². The number of hydrogen-bond acceptors (Lipinski definition) is 2. The molecule has 7 heteroatoms. The van der Waals surface area contributed by atoms with Gasteiger partial charge in [-0.3, -0.25) is 4.79 Å². The standard InChI is InChI=1S/C17H15ClFN3O2/c18-13-3-1-2-4-14(13)20-17(24)21-15-9-10-22(16(15)23)12-7-5-11(19)6-8-12/h1-8,15H,9-10H2,(H2,20,21,24)/t15-/m0/s1. The normalized spacial score (nSPS) is 17.0. The van der Waals surface area contributed by atoms with Crippen LogP contribution in [0, 0.1) is 5.82 Å². The van der Waals surface area contributed by atoms with Crippen LogP contribution in [-0.2, 0) is 4.79 Å². The fourth-order valence-corrected chi connectivity index (χ4v) is 2.75. The zero-order valence-electron chi connectivity index (χ0n) is 12.6. The van der Waals surface area contributed by atoms with E-state index in [2.05, 4.69) is 10.6 Å². The number of amides is 3. The van der Waals surface area contributed by atoms with Crippen molar-refractivity contribution in [1.82, 2.24) is 5.32 Å². The number of carbonyl (C=O) groups excluding carboxylic acids is 2. The molecule has 2 N–H and O–H groups in total. The van der Waals surface area contributed by atoms with Crippen LogP contribution in [0.1, 0.15) is 6.42 Å². The molecule has 24 heavy (non-hydrogen) atoms. The molecule has 0 spiro atoms. The first-order chi connectivity index (χ1) is 11.5. The molecule has 0 aliphatic carbocycles. The van der Waals surface area contributed by atoms with Gasteiger partial charge in [0.1, 0.15) is 11.9 Å². The van der Waals surface area contributed by atoms with E-state index in [1.807, 2.05) is 0 Å². The lowest BCUT2D eigenvalue weighted by Gasteiger charge is -2.17. The molecule has 124 valence electrons. The number of para-hydroxylation sites is 1. The van der Waals surface area contributed by atoms with Crippen LogP contribution in [0.25, 0.3) is 0 Å². The Kier molecular flexibility index (Phi) is 4.66. The minimum Gasteiger partial charge on any atom is -0.326 e. The van der Waals surface area contributed by atoms with E-state index in [9.17, 15) is 14.0 Å². The zero-order chi connectivity index (χ0) is 17.1. The third-order valence-corrected chi connectivity index (χ3v) is 4.10. The van der Waals surface area contributed by atoms with Crippen molar-refractivity contribution in [1.29, 1.82) is 0 Å². The first kappa shape index (κ1) is 16.3. The van der Waals surface area contributed by atoms with E-state index in [1.54, 1.807) is 36.4 Å². The van der Waals surface area contributed by atoms with Gasteiger partial charge in [-0.05, 0) is 42.8 Å². The van der Waals surface area contributed by atoms with Crippen LogP contribution >= 0.6 is 11.6 Å². The Balaban J connectivity index is 1.62. The number of nitrogens with zero attached hydrogens (tertiary/aromatic N) is 1. The van der Waals surface area contributed by atoms with Crippen LogP contribution in [0.2, 0.25) is 5.02 Å². The summed E-state index contributed by atoms with van der Waals surface area (Å²) >= 11 is 5.98. The largest absolute Gasteiger partial charge is 0.326 e. The van der Waals surface area contributed by atoms with Crippen LogP contribution in [0.5, 0.6) is 0 Å². The molecule has 3 rings (SSSR count). The first-order valence-electron chi connectivity index (χ1n) is 7.43.